The van der Waals surface area contributed by atoms with Crippen LogP contribution in [0, 0.1) is 5.92 Å². The van der Waals surface area contributed by atoms with E-state index in [0.29, 0.717) is 12.0 Å². The minimum Gasteiger partial charge on any atom is -0.494 e. The summed E-state index contributed by atoms with van der Waals surface area (Å²) in [6.07, 6.45) is 2.56. The minimum atomic E-state index is 0.298. The summed E-state index contributed by atoms with van der Waals surface area (Å²) >= 11 is 0. The van der Waals surface area contributed by atoms with Gasteiger partial charge in [0.2, 0.25) is 0 Å². The van der Waals surface area contributed by atoms with E-state index >= 15 is 0 Å². The summed E-state index contributed by atoms with van der Waals surface area (Å²) in [5.41, 5.74) is 2.64. The Kier molecular flexibility index (Phi) is 3.40. The maximum Gasteiger partial charge on any atom is 0.123 e. The van der Waals surface area contributed by atoms with E-state index < -0.39 is 0 Å². The molecule has 3 heteroatoms. The van der Waals surface area contributed by atoms with Crippen LogP contribution in [-0.2, 0) is 6.42 Å². The summed E-state index contributed by atoms with van der Waals surface area (Å²) in [5, 5.41) is 3.27. The summed E-state index contributed by atoms with van der Waals surface area (Å²) < 4.78 is 11.7. The lowest BCUT2D eigenvalue weighted by Crippen LogP contribution is -2.10. The number of rotatable bonds is 5. The zero-order valence-corrected chi connectivity index (χ0v) is 12.0. The first kappa shape index (κ1) is 12.8. The van der Waals surface area contributed by atoms with Crippen LogP contribution in [0.2, 0.25) is 0 Å². The highest BCUT2D eigenvalue weighted by atomic mass is 16.5. The molecule has 3 nitrogen and oxygen atoms in total. The summed E-state index contributed by atoms with van der Waals surface area (Å²) in [6, 6.07) is 4.43. The monoisotopic (exact) mass is 261 g/mol. The first-order chi connectivity index (χ1) is 9.22. The molecule has 1 aromatic rings. The molecule has 1 N–H and O–H groups in total. The van der Waals surface area contributed by atoms with Crippen LogP contribution in [0.25, 0.3) is 0 Å². The van der Waals surface area contributed by atoms with Gasteiger partial charge >= 0.3 is 0 Å². The van der Waals surface area contributed by atoms with Crippen LogP contribution in [0.3, 0.4) is 0 Å². The fourth-order valence-corrected chi connectivity index (χ4v) is 3.14. The molecule has 0 saturated heterocycles. The first-order valence-electron chi connectivity index (χ1n) is 7.33. The standard InChI is InChI=1S/C16H23NO2/c1-4-18-16-7-11-5-10(2)19-15(11)8-14(16)13-6-12(13)9-17-3/h7-8,10,12-13,17H,4-6,9H2,1-3H3. The third kappa shape index (κ3) is 2.44. The molecule has 0 aromatic heterocycles. The summed E-state index contributed by atoms with van der Waals surface area (Å²) in [5.74, 6) is 3.53. The number of hydrogen-bond donors (Lipinski definition) is 1. The Labute approximate surface area is 115 Å². The predicted octanol–water partition coefficient (Wildman–Crippen LogP) is 2.73. The number of hydrogen-bond acceptors (Lipinski definition) is 3. The van der Waals surface area contributed by atoms with Crippen molar-refractivity contribution in [3.63, 3.8) is 0 Å². The Bertz CT molecular complexity index is 472. The van der Waals surface area contributed by atoms with Crippen molar-refractivity contribution >= 4 is 0 Å². The normalized spacial score (nSPS) is 27.8. The van der Waals surface area contributed by atoms with E-state index in [1.807, 2.05) is 14.0 Å². The van der Waals surface area contributed by atoms with Crippen LogP contribution < -0.4 is 14.8 Å². The zero-order valence-electron chi connectivity index (χ0n) is 12.0. The molecule has 0 bridgehead atoms. The lowest BCUT2D eigenvalue weighted by atomic mass is 10.0. The molecule has 0 amide bonds. The van der Waals surface area contributed by atoms with Crippen LogP contribution in [-0.4, -0.2) is 26.3 Å². The van der Waals surface area contributed by atoms with Gasteiger partial charge in [-0.15, -0.1) is 0 Å². The highest BCUT2D eigenvalue weighted by Gasteiger charge is 2.40. The molecule has 3 unspecified atom stereocenters. The van der Waals surface area contributed by atoms with Gasteiger partial charge in [-0.05, 0) is 57.8 Å². The van der Waals surface area contributed by atoms with E-state index in [2.05, 4.69) is 24.4 Å². The van der Waals surface area contributed by atoms with E-state index in [9.17, 15) is 0 Å². The second kappa shape index (κ2) is 5.04. The molecule has 19 heavy (non-hydrogen) atoms. The van der Waals surface area contributed by atoms with Gasteiger partial charge in [0.25, 0.3) is 0 Å². The Morgan fingerprint density at radius 1 is 1.42 bits per heavy atom. The van der Waals surface area contributed by atoms with Crippen LogP contribution in [0.5, 0.6) is 11.5 Å². The Morgan fingerprint density at radius 3 is 3.00 bits per heavy atom. The molecular weight excluding hydrogens is 238 g/mol. The van der Waals surface area contributed by atoms with E-state index in [1.165, 1.54) is 17.5 Å². The van der Waals surface area contributed by atoms with Gasteiger partial charge in [0.15, 0.2) is 0 Å². The number of nitrogens with one attached hydrogen (secondary N) is 1. The summed E-state index contributed by atoms with van der Waals surface area (Å²) in [7, 11) is 2.02. The molecule has 1 fully saturated rings. The van der Waals surface area contributed by atoms with Gasteiger partial charge in [0.1, 0.15) is 17.6 Å². The molecule has 1 saturated carbocycles. The van der Waals surface area contributed by atoms with Gasteiger partial charge in [-0.25, -0.2) is 0 Å². The predicted molar refractivity (Wildman–Crippen MR) is 76.2 cm³/mol. The van der Waals surface area contributed by atoms with Crippen LogP contribution in [0.15, 0.2) is 12.1 Å². The van der Waals surface area contributed by atoms with Crippen molar-refractivity contribution in [3.05, 3.63) is 23.3 Å². The fraction of sp³-hybridized carbons (Fsp3) is 0.625. The number of ether oxygens (including phenoxy) is 2. The lowest BCUT2D eigenvalue weighted by molar-refractivity contribution is 0.254. The number of fused-ring (bicyclic) bond motifs is 1. The van der Waals surface area contributed by atoms with E-state index in [-0.39, 0.29) is 0 Å². The van der Waals surface area contributed by atoms with Gasteiger partial charge in [-0.1, -0.05) is 0 Å². The molecule has 0 spiro atoms. The summed E-state index contributed by atoms with van der Waals surface area (Å²) in [6.45, 7) is 5.99. The highest BCUT2D eigenvalue weighted by Crippen LogP contribution is 2.52. The van der Waals surface area contributed by atoms with Crippen molar-refractivity contribution in [1.29, 1.82) is 0 Å². The second-order valence-electron chi connectivity index (χ2n) is 5.72. The first-order valence-corrected chi connectivity index (χ1v) is 7.33. The fourth-order valence-electron chi connectivity index (χ4n) is 3.14. The Balaban J connectivity index is 1.88. The molecule has 3 atom stereocenters. The van der Waals surface area contributed by atoms with Crippen molar-refractivity contribution in [2.45, 2.75) is 38.7 Å². The average molecular weight is 261 g/mol. The van der Waals surface area contributed by atoms with E-state index in [0.717, 1.165) is 37.0 Å². The minimum absolute atomic E-state index is 0.298. The molecule has 1 aliphatic heterocycles. The molecule has 0 radical (unpaired) electrons. The third-order valence-electron chi connectivity index (χ3n) is 4.12. The van der Waals surface area contributed by atoms with Crippen LogP contribution >= 0.6 is 0 Å². The lowest BCUT2D eigenvalue weighted by Gasteiger charge is -2.12. The highest BCUT2D eigenvalue weighted by molar-refractivity contribution is 5.51. The smallest absolute Gasteiger partial charge is 0.123 e. The van der Waals surface area contributed by atoms with Crippen molar-refractivity contribution in [2.24, 2.45) is 5.92 Å². The van der Waals surface area contributed by atoms with Crippen molar-refractivity contribution in [3.8, 4) is 11.5 Å². The quantitative estimate of drug-likeness (QED) is 0.884. The molecular formula is C16H23NO2. The molecule has 3 rings (SSSR count). The topological polar surface area (TPSA) is 30.5 Å². The van der Waals surface area contributed by atoms with Crippen molar-refractivity contribution in [1.82, 2.24) is 5.32 Å². The van der Waals surface area contributed by atoms with E-state index in [1.54, 1.807) is 0 Å². The maximum atomic E-state index is 5.88. The number of benzene rings is 1. The molecule has 1 aliphatic carbocycles. The van der Waals surface area contributed by atoms with Gasteiger partial charge in [0.05, 0.1) is 6.61 Å². The third-order valence-corrected chi connectivity index (χ3v) is 4.12. The van der Waals surface area contributed by atoms with Crippen LogP contribution in [0.1, 0.15) is 37.3 Å². The largest absolute Gasteiger partial charge is 0.494 e. The maximum absolute atomic E-state index is 5.88. The zero-order chi connectivity index (χ0) is 13.4. The van der Waals surface area contributed by atoms with Gasteiger partial charge in [-0.3, -0.25) is 0 Å². The van der Waals surface area contributed by atoms with Gasteiger partial charge in [-0.2, -0.15) is 0 Å². The summed E-state index contributed by atoms with van der Waals surface area (Å²) in [4.78, 5) is 0. The molecule has 1 heterocycles. The SMILES string of the molecule is CCOc1cc2c(cc1C1CC1CNC)OC(C)C2. The van der Waals surface area contributed by atoms with E-state index in [4.69, 9.17) is 9.47 Å². The Hall–Kier alpha value is -1.22. The molecule has 104 valence electrons. The molecule has 2 aliphatic rings. The van der Waals surface area contributed by atoms with Gasteiger partial charge < -0.3 is 14.8 Å². The average Bonchev–Trinajstić information content (AvgIpc) is 3.03. The Morgan fingerprint density at radius 2 is 2.26 bits per heavy atom. The second-order valence-corrected chi connectivity index (χ2v) is 5.72. The van der Waals surface area contributed by atoms with Crippen LogP contribution in [0.4, 0.5) is 0 Å². The van der Waals surface area contributed by atoms with Crippen molar-refractivity contribution in [2.75, 3.05) is 20.2 Å². The van der Waals surface area contributed by atoms with Gasteiger partial charge in [0, 0.05) is 17.5 Å². The van der Waals surface area contributed by atoms with Crippen molar-refractivity contribution < 1.29 is 9.47 Å². The molecule has 1 aromatic carbocycles.